The predicted molar refractivity (Wildman–Crippen MR) is 146 cm³/mol. The van der Waals surface area contributed by atoms with E-state index >= 15 is 0 Å². The highest BCUT2D eigenvalue weighted by Gasteiger charge is 2.38. The molecule has 0 aliphatic carbocycles. The summed E-state index contributed by atoms with van der Waals surface area (Å²) in [6.45, 7) is 11.1. The summed E-state index contributed by atoms with van der Waals surface area (Å²) < 4.78 is 61.7. The molecule has 0 bridgehead atoms. The van der Waals surface area contributed by atoms with Gasteiger partial charge in [0, 0.05) is 25.8 Å². The van der Waals surface area contributed by atoms with E-state index in [-0.39, 0.29) is 22.0 Å². The average Bonchev–Trinajstić information content (AvgIpc) is 3.15. The van der Waals surface area contributed by atoms with E-state index in [1.165, 1.54) is 18.3 Å². The summed E-state index contributed by atoms with van der Waals surface area (Å²) in [7, 11) is -2.12. The maximum atomic E-state index is 12.8. The lowest BCUT2D eigenvalue weighted by molar-refractivity contribution is -0.192. The van der Waals surface area contributed by atoms with Crippen LogP contribution in [0.2, 0.25) is 0 Å². The van der Waals surface area contributed by atoms with Crippen molar-refractivity contribution < 1.29 is 41.4 Å². The maximum absolute atomic E-state index is 12.8. The molecule has 15 heteroatoms. The van der Waals surface area contributed by atoms with Crippen LogP contribution in [0.5, 0.6) is 0 Å². The molecule has 0 spiro atoms. The molecule has 0 aliphatic heterocycles. The van der Waals surface area contributed by atoms with Gasteiger partial charge < -0.3 is 15.1 Å². The summed E-state index contributed by atoms with van der Waals surface area (Å²) in [5.74, 6) is -3.68. The second kappa shape index (κ2) is 13.0. The summed E-state index contributed by atoms with van der Waals surface area (Å²) in [5.41, 5.74) is 5.01. The van der Waals surface area contributed by atoms with Crippen LogP contribution in [0.1, 0.15) is 45.4 Å². The fourth-order valence-electron chi connectivity index (χ4n) is 3.86. The van der Waals surface area contributed by atoms with Gasteiger partial charge in [0.05, 0.1) is 22.5 Å². The minimum absolute atomic E-state index is 0.0829. The van der Waals surface area contributed by atoms with Crippen molar-refractivity contribution in [3.05, 3.63) is 64.1 Å². The van der Waals surface area contributed by atoms with Gasteiger partial charge in [-0.1, -0.05) is 6.07 Å². The highest BCUT2D eigenvalue weighted by Crippen LogP contribution is 2.24. The van der Waals surface area contributed by atoms with Gasteiger partial charge in [-0.3, -0.25) is 9.40 Å². The molecule has 0 atom stereocenters. The molecule has 2 heterocycles. The Morgan fingerprint density at radius 3 is 2.17 bits per heavy atom. The van der Waals surface area contributed by atoms with Crippen LogP contribution in [0.25, 0.3) is 0 Å². The molecule has 0 amide bonds. The van der Waals surface area contributed by atoms with Crippen LogP contribution in [0, 0.1) is 27.7 Å². The molecule has 224 valence electrons. The molecule has 0 saturated carbocycles. The van der Waals surface area contributed by atoms with Crippen LogP contribution in [0.4, 0.5) is 24.7 Å². The van der Waals surface area contributed by atoms with Gasteiger partial charge in [-0.05, 0) is 75.9 Å². The van der Waals surface area contributed by atoms with Gasteiger partial charge in [0.25, 0.3) is 10.0 Å². The lowest BCUT2D eigenvalue weighted by atomic mass is 10.1. The number of benzene rings is 1. The second-order valence-electron chi connectivity index (χ2n) is 9.19. The highest BCUT2D eigenvalue weighted by atomic mass is 32.2. The van der Waals surface area contributed by atoms with Crippen LogP contribution in [0.3, 0.4) is 0 Å². The third kappa shape index (κ3) is 8.42. The largest absolute Gasteiger partial charge is 0.490 e. The number of nitrogens with zero attached hydrogens (tertiary/aromatic N) is 4. The third-order valence-electron chi connectivity index (χ3n) is 6.27. The van der Waals surface area contributed by atoms with Crippen molar-refractivity contribution in [2.75, 3.05) is 23.2 Å². The summed E-state index contributed by atoms with van der Waals surface area (Å²) in [6, 6.07) is 6.13. The second-order valence-corrected chi connectivity index (χ2v) is 10.9. The van der Waals surface area contributed by atoms with E-state index in [4.69, 9.17) is 9.90 Å². The minimum atomic E-state index is -5.08. The molecule has 0 saturated heterocycles. The van der Waals surface area contributed by atoms with Crippen molar-refractivity contribution in [2.24, 2.45) is 0 Å². The zero-order valence-corrected chi connectivity index (χ0v) is 24.2. The number of hydrogen-bond donors (Lipinski definition) is 3. The Balaban J connectivity index is 0.000000745. The molecule has 3 N–H and O–H groups in total. The van der Waals surface area contributed by atoms with Crippen LogP contribution < -0.4 is 9.62 Å². The van der Waals surface area contributed by atoms with Gasteiger partial charge in [-0.2, -0.15) is 18.3 Å². The molecule has 0 fully saturated rings. The van der Waals surface area contributed by atoms with Gasteiger partial charge >= 0.3 is 18.1 Å². The van der Waals surface area contributed by atoms with Gasteiger partial charge in [-0.25, -0.2) is 23.0 Å². The summed E-state index contributed by atoms with van der Waals surface area (Å²) in [4.78, 5) is 27.0. The molecule has 0 unspecified atom stereocenters. The molecule has 0 radical (unpaired) electrons. The van der Waals surface area contributed by atoms with E-state index in [2.05, 4.69) is 14.8 Å². The first-order valence-corrected chi connectivity index (χ1v) is 13.7. The first-order chi connectivity index (χ1) is 18.9. The number of anilines is 2. The van der Waals surface area contributed by atoms with Gasteiger partial charge in [0.15, 0.2) is 0 Å². The molecule has 3 rings (SSSR count). The minimum Gasteiger partial charge on any atom is -0.478 e. The monoisotopic (exact) mass is 599 g/mol. The van der Waals surface area contributed by atoms with E-state index in [0.717, 1.165) is 34.6 Å². The lowest BCUT2D eigenvalue weighted by Gasteiger charge is -2.21. The Labute approximate surface area is 235 Å². The molecule has 11 nitrogen and oxygen atoms in total. The quantitative estimate of drug-likeness (QED) is 0.326. The number of aromatic nitrogens is 3. The summed E-state index contributed by atoms with van der Waals surface area (Å²) in [5, 5.41) is 21.4. The van der Waals surface area contributed by atoms with Crippen LogP contribution in [-0.2, 0) is 27.8 Å². The zero-order chi connectivity index (χ0) is 31.3. The fourth-order valence-corrected chi connectivity index (χ4v) is 4.98. The number of hydrogen-bond acceptors (Lipinski definition) is 7. The number of aliphatic carboxylic acids is 1. The number of pyridine rings is 1. The molecular formula is C26H32F3N5O6S. The van der Waals surface area contributed by atoms with Crippen molar-refractivity contribution in [3.8, 4) is 0 Å². The summed E-state index contributed by atoms with van der Waals surface area (Å²) in [6.07, 6.45) is -3.07. The van der Waals surface area contributed by atoms with Crippen LogP contribution >= 0.6 is 0 Å². The molecular weight excluding hydrogens is 567 g/mol. The molecule has 3 aromatic rings. The van der Waals surface area contributed by atoms with Crippen molar-refractivity contribution in [1.82, 2.24) is 14.8 Å². The number of sulfonamides is 1. The molecule has 41 heavy (non-hydrogen) atoms. The van der Waals surface area contributed by atoms with E-state index < -0.39 is 28.1 Å². The Hall–Kier alpha value is -4.14. The molecule has 2 aromatic heterocycles. The fraction of sp³-hybridized carbons (Fsp3) is 0.385. The van der Waals surface area contributed by atoms with E-state index in [0.29, 0.717) is 13.0 Å². The van der Waals surface area contributed by atoms with Crippen molar-refractivity contribution in [3.63, 3.8) is 0 Å². The number of aromatic carboxylic acids is 1. The Morgan fingerprint density at radius 1 is 1.07 bits per heavy atom. The highest BCUT2D eigenvalue weighted by molar-refractivity contribution is 7.92. The van der Waals surface area contributed by atoms with Crippen LogP contribution in [0.15, 0.2) is 35.4 Å². The maximum Gasteiger partial charge on any atom is 0.490 e. The van der Waals surface area contributed by atoms with E-state index in [9.17, 15) is 31.5 Å². The lowest BCUT2D eigenvalue weighted by Crippen LogP contribution is -2.24. The number of halogens is 3. The smallest absolute Gasteiger partial charge is 0.478 e. The number of alkyl halides is 3. The standard InChI is InChI=1S/C24H31N5O4S.C2HF3O2/c1-7-29-18(5)21(17(4)26-29)10-11-28(6)23-22(24(30)31)13-19(14-25-23)27-34(32,33)20-9-8-15(2)16(3)12-20;3-2(4,5)1(6)7/h8-9,12-14,27H,7,10-11H2,1-6H3,(H,30,31);(H,6,7). The SMILES string of the molecule is CCn1nc(C)c(CCN(C)c2ncc(NS(=O)(=O)c3ccc(C)c(C)c3)cc2C(=O)O)c1C.O=C(O)C(F)(F)F. The number of nitrogens with one attached hydrogen (secondary N) is 1. The number of aryl methyl sites for hydroxylation is 4. The van der Waals surface area contributed by atoms with E-state index in [1.807, 2.05) is 39.3 Å². The zero-order valence-electron chi connectivity index (χ0n) is 23.4. The molecule has 0 aliphatic rings. The molecule has 1 aromatic carbocycles. The van der Waals surface area contributed by atoms with Gasteiger partial charge in [-0.15, -0.1) is 0 Å². The summed E-state index contributed by atoms with van der Waals surface area (Å²) >= 11 is 0. The van der Waals surface area contributed by atoms with E-state index in [1.54, 1.807) is 24.1 Å². The number of carboxylic acid groups (broad SMARTS) is 2. The normalized spacial score (nSPS) is 11.4. The third-order valence-corrected chi connectivity index (χ3v) is 7.65. The van der Waals surface area contributed by atoms with Gasteiger partial charge in [0.2, 0.25) is 0 Å². The van der Waals surface area contributed by atoms with Crippen molar-refractivity contribution >= 4 is 33.5 Å². The van der Waals surface area contributed by atoms with Crippen molar-refractivity contribution in [1.29, 1.82) is 0 Å². The number of carbonyl (C=O) groups is 2. The van der Waals surface area contributed by atoms with Crippen LogP contribution in [-0.4, -0.2) is 65.1 Å². The first kappa shape index (κ1) is 33.1. The Bertz CT molecular complexity index is 1540. The number of rotatable bonds is 9. The van der Waals surface area contributed by atoms with Gasteiger partial charge in [0.1, 0.15) is 11.4 Å². The first-order valence-electron chi connectivity index (χ1n) is 12.3. The number of likely N-dealkylation sites (N-methyl/N-ethyl adjacent to an activating group) is 1. The Morgan fingerprint density at radius 2 is 1.68 bits per heavy atom. The Kier molecular flexibility index (Phi) is 10.5. The number of carboxylic acids is 2. The van der Waals surface area contributed by atoms with Crippen molar-refractivity contribution in [2.45, 2.75) is 58.7 Å². The predicted octanol–water partition coefficient (Wildman–Crippen LogP) is 4.34. The average molecular weight is 600 g/mol. The topological polar surface area (TPSA) is 155 Å².